The van der Waals surface area contributed by atoms with Crippen LogP contribution in [0, 0.1) is 0 Å². The van der Waals surface area contributed by atoms with Crippen LogP contribution in [0.25, 0.3) is 0 Å². The van der Waals surface area contributed by atoms with Crippen LogP contribution in [0.15, 0.2) is 17.3 Å². The summed E-state index contributed by atoms with van der Waals surface area (Å²) in [4.78, 5) is 14.2. The molecular formula is C7H9NO2S. The molecule has 0 aromatic heterocycles. The van der Waals surface area contributed by atoms with Gasteiger partial charge in [-0.15, -0.1) is 0 Å². The van der Waals surface area contributed by atoms with Gasteiger partial charge in [-0.1, -0.05) is 17.8 Å². The molecule has 1 aliphatic heterocycles. The largest absolute Gasteiger partial charge is 0.481 e. The van der Waals surface area contributed by atoms with E-state index >= 15 is 0 Å². The second kappa shape index (κ2) is 4.18. The van der Waals surface area contributed by atoms with Crippen LogP contribution < -0.4 is 0 Å². The van der Waals surface area contributed by atoms with Crippen molar-refractivity contribution in [2.75, 3.05) is 5.75 Å². The summed E-state index contributed by atoms with van der Waals surface area (Å²) in [7, 11) is 0. The molecule has 0 atom stereocenters. The summed E-state index contributed by atoms with van der Waals surface area (Å²) < 4.78 is 0. The molecule has 1 aliphatic rings. The van der Waals surface area contributed by atoms with Crippen molar-refractivity contribution in [1.29, 1.82) is 0 Å². The molecule has 0 fully saturated rings. The zero-order chi connectivity index (χ0) is 8.10. The number of thioether (sulfide) groups is 1. The fourth-order valence-electron chi connectivity index (χ4n) is 0.736. The first kappa shape index (κ1) is 8.33. The standard InChI is InChI=1S/C7H9NO2S/c9-7(10)5-11-6-3-1-2-4-8-6/h2,4H,1,3,5H2,(H,9,10). The van der Waals surface area contributed by atoms with Gasteiger partial charge in [-0.3, -0.25) is 9.79 Å². The normalized spacial score (nSPS) is 16.2. The predicted octanol–water partition coefficient (Wildman–Crippen LogP) is 1.51. The number of carbonyl (C=O) groups is 1. The van der Waals surface area contributed by atoms with Crippen LogP contribution in [0.3, 0.4) is 0 Å². The van der Waals surface area contributed by atoms with E-state index in [1.165, 1.54) is 11.8 Å². The average molecular weight is 171 g/mol. The molecule has 0 saturated carbocycles. The van der Waals surface area contributed by atoms with Crippen LogP contribution in [0.2, 0.25) is 0 Å². The molecule has 0 spiro atoms. The number of carboxylic acids is 1. The number of aliphatic imine (C=N–C) groups is 1. The zero-order valence-electron chi connectivity index (χ0n) is 5.99. The van der Waals surface area contributed by atoms with Crippen molar-refractivity contribution in [1.82, 2.24) is 0 Å². The second-order valence-corrected chi connectivity index (χ2v) is 3.18. The molecular weight excluding hydrogens is 162 g/mol. The van der Waals surface area contributed by atoms with E-state index in [-0.39, 0.29) is 5.75 Å². The lowest BCUT2D eigenvalue weighted by Gasteiger charge is -2.04. The van der Waals surface area contributed by atoms with Gasteiger partial charge < -0.3 is 5.11 Å². The number of carboxylic acid groups (broad SMARTS) is 1. The Bertz CT molecular complexity index is 210. The maximum absolute atomic E-state index is 10.1. The molecule has 11 heavy (non-hydrogen) atoms. The van der Waals surface area contributed by atoms with Crippen LogP contribution in [-0.2, 0) is 4.79 Å². The quantitative estimate of drug-likeness (QED) is 0.685. The van der Waals surface area contributed by atoms with Crippen LogP contribution in [0.1, 0.15) is 12.8 Å². The SMILES string of the molecule is O=C(O)CSC1=NC=CCC1. The molecule has 3 nitrogen and oxygen atoms in total. The van der Waals surface area contributed by atoms with Gasteiger partial charge in [0.1, 0.15) is 0 Å². The molecule has 0 unspecified atom stereocenters. The monoisotopic (exact) mass is 171 g/mol. The Morgan fingerprint density at radius 1 is 1.82 bits per heavy atom. The van der Waals surface area contributed by atoms with Gasteiger partial charge >= 0.3 is 5.97 Å². The molecule has 0 aliphatic carbocycles. The Hall–Kier alpha value is -0.770. The van der Waals surface area contributed by atoms with Gasteiger partial charge in [0.05, 0.1) is 10.8 Å². The number of hydrogen-bond donors (Lipinski definition) is 1. The number of hydrogen-bond acceptors (Lipinski definition) is 3. The third-order valence-corrected chi connectivity index (χ3v) is 2.25. The van der Waals surface area contributed by atoms with Crippen LogP contribution in [-0.4, -0.2) is 21.9 Å². The van der Waals surface area contributed by atoms with Gasteiger partial charge in [0.2, 0.25) is 0 Å². The fourth-order valence-corrected chi connectivity index (χ4v) is 1.42. The molecule has 1 N–H and O–H groups in total. The highest BCUT2D eigenvalue weighted by Crippen LogP contribution is 2.13. The van der Waals surface area contributed by atoms with Crippen molar-refractivity contribution in [2.45, 2.75) is 12.8 Å². The molecule has 0 radical (unpaired) electrons. The second-order valence-electron chi connectivity index (χ2n) is 2.13. The minimum atomic E-state index is -0.785. The van der Waals surface area contributed by atoms with E-state index in [0.717, 1.165) is 17.9 Å². The molecule has 60 valence electrons. The number of allylic oxidation sites excluding steroid dienone is 1. The highest BCUT2D eigenvalue weighted by atomic mass is 32.2. The van der Waals surface area contributed by atoms with Crippen LogP contribution in [0.5, 0.6) is 0 Å². The highest BCUT2D eigenvalue weighted by Gasteiger charge is 2.04. The van der Waals surface area contributed by atoms with E-state index < -0.39 is 5.97 Å². The molecule has 1 rings (SSSR count). The minimum Gasteiger partial charge on any atom is -0.481 e. The van der Waals surface area contributed by atoms with Crippen molar-refractivity contribution >= 4 is 22.8 Å². The molecule has 0 saturated heterocycles. The predicted molar refractivity (Wildman–Crippen MR) is 45.9 cm³/mol. The molecule has 0 bridgehead atoms. The van der Waals surface area contributed by atoms with Crippen molar-refractivity contribution < 1.29 is 9.90 Å². The van der Waals surface area contributed by atoms with Crippen LogP contribution >= 0.6 is 11.8 Å². The Balaban J connectivity index is 2.31. The van der Waals surface area contributed by atoms with E-state index in [1.807, 2.05) is 6.08 Å². The smallest absolute Gasteiger partial charge is 0.313 e. The molecule has 0 amide bonds. The number of aliphatic carboxylic acids is 1. The lowest BCUT2D eigenvalue weighted by molar-refractivity contribution is -0.133. The Kier molecular flexibility index (Phi) is 3.16. The summed E-state index contributed by atoms with van der Waals surface area (Å²) >= 11 is 1.30. The summed E-state index contributed by atoms with van der Waals surface area (Å²) in [6.45, 7) is 0. The Labute approximate surface area is 69.2 Å². The van der Waals surface area contributed by atoms with Gasteiger partial charge in [0.15, 0.2) is 0 Å². The van der Waals surface area contributed by atoms with Gasteiger partial charge in [0, 0.05) is 6.20 Å². The highest BCUT2D eigenvalue weighted by molar-refractivity contribution is 8.14. The Morgan fingerprint density at radius 3 is 3.18 bits per heavy atom. The van der Waals surface area contributed by atoms with Gasteiger partial charge in [-0.2, -0.15) is 0 Å². The average Bonchev–Trinajstić information content (AvgIpc) is 2.03. The van der Waals surface area contributed by atoms with E-state index in [4.69, 9.17) is 5.11 Å². The zero-order valence-corrected chi connectivity index (χ0v) is 6.80. The topological polar surface area (TPSA) is 49.7 Å². The summed E-state index contributed by atoms with van der Waals surface area (Å²) in [5.74, 6) is -0.667. The maximum atomic E-state index is 10.1. The van der Waals surface area contributed by atoms with E-state index in [1.54, 1.807) is 6.20 Å². The van der Waals surface area contributed by atoms with E-state index in [2.05, 4.69) is 4.99 Å². The van der Waals surface area contributed by atoms with Crippen molar-refractivity contribution in [3.63, 3.8) is 0 Å². The lowest BCUT2D eigenvalue weighted by atomic mass is 10.3. The van der Waals surface area contributed by atoms with Crippen molar-refractivity contribution in [3.8, 4) is 0 Å². The van der Waals surface area contributed by atoms with Gasteiger partial charge in [-0.05, 0) is 12.8 Å². The summed E-state index contributed by atoms with van der Waals surface area (Å²) in [6.07, 6.45) is 5.57. The molecule has 4 heteroatoms. The van der Waals surface area contributed by atoms with Gasteiger partial charge in [0.25, 0.3) is 0 Å². The Morgan fingerprint density at radius 2 is 2.64 bits per heavy atom. The third kappa shape index (κ3) is 3.23. The lowest BCUT2D eigenvalue weighted by Crippen LogP contribution is -2.03. The van der Waals surface area contributed by atoms with Crippen molar-refractivity contribution in [2.24, 2.45) is 4.99 Å². The first-order valence-electron chi connectivity index (χ1n) is 3.35. The summed E-state index contributed by atoms with van der Waals surface area (Å²) in [5, 5.41) is 9.28. The summed E-state index contributed by atoms with van der Waals surface area (Å²) in [6, 6.07) is 0. The third-order valence-electron chi connectivity index (χ3n) is 1.21. The first-order chi connectivity index (χ1) is 5.29. The van der Waals surface area contributed by atoms with E-state index in [9.17, 15) is 4.79 Å². The number of rotatable bonds is 2. The van der Waals surface area contributed by atoms with E-state index in [0.29, 0.717) is 0 Å². The molecule has 1 heterocycles. The first-order valence-corrected chi connectivity index (χ1v) is 4.34. The fraction of sp³-hybridized carbons (Fsp3) is 0.429. The number of nitrogens with zero attached hydrogens (tertiary/aromatic N) is 1. The molecule has 0 aromatic carbocycles. The van der Waals surface area contributed by atoms with Crippen molar-refractivity contribution in [3.05, 3.63) is 12.3 Å². The van der Waals surface area contributed by atoms with Gasteiger partial charge in [-0.25, -0.2) is 0 Å². The summed E-state index contributed by atoms with van der Waals surface area (Å²) in [5.41, 5.74) is 0. The minimum absolute atomic E-state index is 0.118. The maximum Gasteiger partial charge on any atom is 0.313 e. The molecule has 0 aromatic rings. The van der Waals surface area contributed by atoms with Crippen LogP contribution in [0.4, 0.5) is 0 Å².